The minimum absolute atomic E-state index is 0.856. The van der Waals surface area contributed by atoms with Crippen LogP contribution in [0.3, 0.4) is 0 Å². The van der Waals surface area contributed by atoms with Crippen molar-refractivity contribution in [2.24, 2.45) is 0 Å². The molecule has 25 heavy (non-hydrogen) atoms. The topological polar surface area (TPSA) is 62.6 Å². The van der Waals surface area contributed by atoms with Crippen molar-refractivity contribution in [3.63, 3.8) is 0 Å². The predicted octanol–water partition coefficient (Wildman–Crippen LogP) is 2.96. The molecule has 3 heterocycles. The number of pyridine rings is 1. The summed E-state index contributed by atoms with van der Waals surface area (Å²) in [5.74, 6) is 1.06. The lowest BCUT2D eigenvalue weighted by atomic mass is 10.2. The number of aromatic nitrogens is 5. The maximum absolute atomic E-state index is 4.74. The van der Waals surface area contributed by atoms with Crippen LogP contribution in [0, 0.1) is 6.92 Å². The molecule has 0 unspecified atom stereocenters. The number of aromatic amines is 1. The average molecular weight is 338 g/mol. The molecule has 3 aromatic heterocycles. The molecule has 3 aromatic rings. The first-order valence-corrected chi connectivity index (χ1v) is 8.86. The van der Waals surface area contributed by atoms with Gasteiger partial charge in [-0.25, -0.2) is 9.97 Å². The summed E-state index contributed by atoms with van der Waals surface area (Å²) < 4.78 is 2.12. The zero-order chi connectivity index (χ0) is 17.5. The largest absolute Gasteiger partial charge is 0.346 e. The summed E-state index contributed by atoms with van der Waals surface area (Å²) in [7, 11) is 0. The van der Waals surface area contributed by atoms with Gasteiger partial charge in [-0.15, -0.1) is 0 Å². The van der Waals surface area contributed by atoms with Crippen LogP contribution in [0.15, 0.2) is 43.2 Å². The third-order valence-corrected chi connectivity index (χ3v) is 4.35. The van der Waals surface area contributed by atoms with Crippen LogP contribution < -0.4 is 0 Å². The number of aryl methyl sites for hydroxylation is 3. The number of hydrogen-bond donors (Lipinski definition) is 1. The van der Waals surface area contributed by atoms with Gasteiger partial charge in [0.15, 0.2) is 0 Å². The van der Waals surface area contributed by atoms with E-state index in [1.807, 2.05) is 31.1 Å². The molecule has 0 bridgehead atoms. The van der Waals surface area contributed by atoms with Crippen molar-refractivity contribution in [2.75, 3.05) is 6.54 Å². The minimum Gasteiger partial charge on any atom is -0.346 e. The SMILES string of the molecule is CCc1nc(CN(CCCn2ccnc2)Cc2ccncc2)c(C)[nH]1. The van der Waals surface area contributed by atoms with Crippen molar-refractivity contribution in [1.29, 1.82) is 0 Å². The van der Waals surface area contributed by atoms with E-state index in [2.05, 4.69) is 50.4 Å². The molecule has 0 saturated carbocycles. The van der Waals surface area contributed by atoms with E-state index < -0.39 is 0 Å². The Bertz CT molecular complexity index is 748. The maximum atomic E-state index is 4.74. The molecule has 0 aliphatic heterocycles. The molecule has 0 aliphatic carbocycles. The second-order valence-corrected chi connectivity index (χ2v) is 6.33. The Balaban J connectivity index is 1.65. The van der Waals surface area contributed by atoms with Crippen molar-refractivity contribution in [3.05, 3.63) is 66.0 Å². The van der Waals surface area contributed by atoms with E-state index in [1.54, 1.807) is 0 Å². The highest BCUT2D eigenvalue weighted by molar-refractivity contribution is 5.14. The zero-order valence-electron chi connectivity index (χ0n) is 15.0. The molecular weight excluding hydrogens is 312 g/mol. The quantitative estimate of drug-likeness (QED) is 0.651. The summed E-state index contributed by atoms with van der Waals surface area (Å²) in [6, 6.07) is 4.16. The van der Waals surface area contributed by atoms with Crippen LogP contribution >= 0.6 is 0 Å². The molecular formula is C19H26N6. The van der Waals surface area contributed by atoms with Gasteiger partial charge in [-0.05, 0) is 31.0 Å². The molecule has 0 fully saturated rings. The van der Waals surface area contributed by atoms with Gasteiger partial charge in [-0.3, -0.25) is 9.88 Å². The second-order valence-electron chi connectivity index (χ2n) is 6.33. The van der Waals surface area contributed by atoms with Crippen LogP contribution in [-0.4, -0.2) is 35.9 Å². The Kier molecular flexibility index (Phi) is 5.95. The van der Waals surface area contributed by atoms with Crippen molar-refractivity contribution in [2.45, 2.75) is 46.3 Å². The lowest BCUT2D eigenvalue weighted by molar-refractivity contribution is 0.245. The van der Waals surface area contributed by atoms with Crippen molar-refractivity contribution >= 4 is 0 Å². The van der Waals surface area contributed by atoms with E-state index in [-0.39, 0.29) is 0 Å². The van der Waals surface area contributed by atoms with Gasteiger partial charge >= 0.3 is 0 Å². The van der Waals surface area contributed by atoms with Crippen molar-refractivity contribution < 1.29 is 0 Å². The monoisotopic (exact) mass is 338 g/mol. The number of hydrogen-bond acceptors (Lipinski definition) is 4. The van der Waals surface area contributed by atoms with E-state index in [1.165, 1.54) is 11.3 Å². The van der Waals surface area contributed by atoms with Crippen LogP contribution in [0.4, 0.5) is 0 Å². The smallest absolute Gasteiger partial charge is 0.106 e. The highest BCUT2D eigenvalue weighted by atomic mass is 15.1. The molecule has 0 atom stereocenters. The van der Waals surface area contributed by atoms with Gasteiger partial charge < -0.3 is 9.55 Å². The first-order chi connectivity index (χ1) is 12.2. The van der Waals surface area contributed by atoms with Crippen LogP contribution in [0.2, 0.25) is 0 Å². The highest BCUT2D eigenvalue weighted by Crippen LogP contribution is 2.13. The van der Waals surface area contributed by atoms with Gasteiger partial charge in [0.25, 0.3) is 0 Å². The van der Waals surface area contributed by atoms with E-state index in [0.29, 0.717) is 0 Å². The van der Waals surface area contributed by atoms with Crippen molar-refractivity contribution in [1.82, 2.24) is 29.4 Å². The van der Waals surface area contributed by atoms with E-state index in [9.17, 15) is 0 Å². The molecule has 1 N–H and O–H groups in total. The Morgan fingerprint density at radius 2 is 1.96 bits per heavy atom. The Hall–Kier alpha value is -2.47. The van der Waals surface area contributed by atoms with E-state index in [4.69, 9.17) is 4.98 Å². The van der Waals surface area contributed by atoms with E-state index >= 15 is 0 Å². The predicted molar refractivity (Wildman–Crippen MR) is 97.9 cm³/mol. The third kappa shape index (κ3) is 5.00. The fraction of sp³-hybridized carbons (Fsp3) is 0.421. The van der Waals surface area contributed by atoms with Gasteiger partial charge in [0, 0.05) is 63.1 Å². The molecule has 0 spiro atoms. The van der Waals surface area contributed by atoms with Crippen LogP contribution in [0.5, 0.6) is 0 Å². The normalized spacial score (nSPS) is 11.3. The van der Waals surface area contributed by atoms with E-state index in [0.717, 1.165) is 50.5 Å². The number of nitrogens with one attached hydrogen (secondary N) is 1. The third-order valence-electron chi connectivity index (χ3n) is 4.35. The maximum Gasteiger partial charge on any atom is 0.106 e. The summed E-state index contributed by atoms with van der Waals surface area (Å²) >= 11 is 0. The number of rotatable bonds is 9. The zero-order valence-corrected chi connectivity index (χ0v) is 15.0. The Morgan fingerprint density at radius 3 is 2.64 bits per heavy atom. The summed E-state index contributed by atoms with van der Waals surface area (Å²) in [6.07, 6.45) is 11.4. The molecule has 6 heteroatoms. The minimum atomic E-state index is 0.856. The van der Waals surface area contributed by atoms with Gasteiger partial charge in [0.2, 0.25) is 0 Å². The molecule has 0 aromatic carbocycles. The first-order valence-electron chi connectivity index (χ1n) is 8.86. The lowest BCUT2D eigenvalue weighted by Gasteiger charge is -2.22. The number of H-pyrrole nitrogens is 1. The fourth-order valence-corrected chi connectivity index (χ4v) is 2.95. The molecule has 0 aliphatic rings. The lowest BCUT2D eigenvalue weighted by Crippen LogP contribution is -2.25. The highest BCUT2D eigenvalue weighted by Gasteiger charge is 2.12. The molecule has 0 amide bonds. The number of imidazole rings is 2. The standard InChI is InChI=1S/C19H26N6/c1-3-19-22-16(2)18(23-19)14-25(13-17-5-7-20-8-6-17)11-4-10-24-12-9-21-15-24/h5-9,12,15H,3-4,10-11,13-14H2,1-2H3,(H,22,23). The van der Waals surface area contributed by atoms with Gasteiger partial charge in [-0.1, -0.05) is 6.92 Å². The summed E-state index contributed by atoms with van der Waals surface area (Å²) in [6.45, 7) is 7.98. The fourth-order valence-electron chi connectivity index (χ4n) is 2.95. The second kappa shape index (κ2) is 8.58. The summed E-state index contributed by atoms with van der Waals surface area (Å²) in [5, 5.41) is 0. The molecule has 3 rings (SSSR count). The van der Waals surface area contributed by atoms with Crippen LogP contribution in [0.25, 0.3) is 0 Å². The van der Waals surface area contributed by atoms with Gasteiger partial charge in [0.1, 0.15) is 5.82 Å². The molecule has 6 nitrogen and oxygen atoms in total. The molecule has 0 radical (unpaired) electrons. The van der Waals surface area contributed by atoms with Gasteiger partial charge in [0.05, 0.1) is 12.0 Å². The first kappa shape index (κ1) is 17.4. The Labute approximate surface area is 149 Å². The van der Waals surface area contributed by atoms with Gasteiger partial charge in [-0.2, -0.15) is 0 Å². The average Bonchev–Trinajstić information content (AvgIpc) is 3.26. The van der Waals surface area contributed by atoms with Crippen LogP contribution in [-0.2, 0) is 26.1 Å². The number of nitrogens with zero attached hydrogens (tertiary/aromatic N) is 5. The Morgan fingerprint density at radius 1 is 1.12 bits per heavy atom. The van der Waals surface area contributed by atoms with Crippen LogP contribution in [0.1, 0.15) is 36.1 Å². The van der Waals surface area contributed by atoms with Crippen molar-refractivity contribution in [3.8, 4) is 0 Å². The molecule has 132 valence electrons. The molecule has 0 saturated heterocycles. The summed E-state index contributed by atoms with van der Waals surface area (Å²) in [5.41, 5.74) is 3.60. The summed E-state index contributed by atoms with van der Waals surface area (Å²) in [4.78, 5) is 18.8.